The van der Waals surface area contributed by atoms with E-state index in [1.807, 2.05) is 23.9 Å². The third-order valence-corrected chi connectivity index (χ3v) is 4.13. The first-order valence-electron chi connectivity index (χ1n) is 7.49. The Labute approximate surface area is 129 Å². The van der Waals surface area contributed by atoms with Gasteiger partial charge in [-0.15, -0.1) is 10.2 Å². The van der Waals surface area contributed by atoms with E-state index < -0.39 is 0 Å². The van der Waals surface area contributed by atoms with Crippen LogP contribution in [-0.4, -0.2) is 36.0 Å². The zero-order chi connectivity index (χ0) is 14.9. The highest BCUT2D eigenvalue weighted by Gasteiger charge is 2.19. The summed E-state index contributed by atoms with van der Waals surface area (Å²) >= 11 is 0. The average Bonchev–Trinajstić information content (AvgIpc) is 3.19. The van der Waals surface area contributed by atoms with Gasteiger partial charge >= 0.3 is 0 Å². The van der Waals surface area contributed by atoms with Gasteiger partial charge in [0.05, 0.1) is 12.2 Å². The summed E-state index contributed by atoms with van der Waals surface area (Å²) in [5.41, 5.74) is 2.39. The summed E-state index contributed by atoms with van der Waals surface area (Å²) in [5.74, 6) is 2.08. The van der Waals surface area contributed by atoms with E-state index in [4.69, 9.17) is 0 Å². The lowest BCUT2D eigenvalue weighted by atomic mass is 10.2. The average molecular weight is 294 g/mol. The summed E-state index contributed by atoms with van der Waals surface area (Å²) in [6, 6.07) is 10.5. The fourth-order valence-electron chi connectivity index (χ4n) is 2.92. The highest BCUT2D eigenvalue weighted by molar-refractivity contribution is 5.33. The number of aryl methyl sites for hydroxylation is 1. The second-order valence-corrected chi connectivity index (χ2v) is 5.64. The second kappa shape index (κ2) is 5.38. The molecule has 0 bridgehead atoms. The number of aromatic nitrogens is 5. The van der Waals surface area contributed by atoms with E-state index in [0.29, 0.717) is 0 Å². The van der Waals surface area contributed by atoms with Crippen LogP contribution in [0.3, 0.4) is 0 Å². The first-order valence-corrected chi connectivity index (χ1v) is 7.49. The van der Waals surface area contributed by atoms with Crippen molar-refractivity contribution in [2.24, 2.45) is 0 Å². The first-order chi connectivity index (χ1) is 10.8. The van der Waals surface area contributed by atoms with Crippen molar-refractivity contribution >= 4 is 0 Å². The topological polar surface area (TPSA) is 51.8 Å². The molecule has 6 heteroatoms. The lowest BCUT2D eigenvalue weighted by Crippen LogP contribution is -2.33. The van der Waals surface area contributed by atoms with Crippen LogP contribution >= 0.6 is 0 Å². The molecule has 3 aromatic rings. The minimum atomic E-state index is 0.863. The van der Waals surface area contributed by atoms with Crippen LogP contribution in [0.1, 0.15) is 17.2 Å². The van der Waals surface area contributed by atoms with Gasteiger partial charge in [-0.05, 0) is 30.7 Å². The zero-order valence-corrected chi connectivity index (χ0v) is 12.6. The van der Waals surface area contributed by atoms with Crippen LogP contribution in [0.25, 0.3) is 5.69 Å². The molecule has 4 rings (SSSR count). The Kier molecular flexibility index (Phi) is 3.23. The molecular formula is C16H18N6. The molecule has 22 heavy (non-hydrogen) atoms. The number of benzene rings is 1. The number of hydrogen-bond donors (Lipinski definition) is 0. The van der Waals surface area contributed by atoms with Crippen molar-refractivity contribution in [1.29, 1.82) is 0 Å². The zero-order valence-electron chi connectivity index (χ0n) is 12.6. The van der Waals surface area contributed by atoms with Gasteiger partial charge in [-0.3, -0.25) is 4.90 Å². The molecule has 1 aromatic carbocycles. The standard InChI is InChI=1S/C16H18N6/c1-13-18-19-16-12-20(9-10-21(13)16)11-14-3-5-15(6-4-14)22-8-2-7-17-22/h2-8H,9-12H2,1H3. The molecule has 6 nitrogen and oxygen atoms in total. The predicted octanol–water partition coefficient (Wildman–Crippen LogP) is 1.79. The summed E-state index contributed by atoms with van der Waals surface area (Å²) in [4.78, 5) is 2.41. The van der Waals surface area contributed by atoms with Crippen molar-refractivity contribution in [2.45, 2.75) is 26.6 Å². The molecule has 3 heterocycles. The maximum Gasteiger partial charge on any atom is 0.147 e. The van der Waals surface area contributed by atoms with Gasteiger partial charge in [-0.2, -0.15) is 5.10 Å². The van der Waals surface area contributed by atoms with Gasteiger partial charge in [-0.1, -0.05) is 12.1 Å². The van der Waals surface area contributed by atoms with Crippen LogP contribution in [-0.2, 0) is 19.6 Å². The predicted molar refractivity (Wildman–Crippen MR) is 82.4 cm³/mol. The molecule has 2 aromatic heterocycles. The third-order valence-electron chi connectivity index (χ3n) is 4.13. The second-order valence-electron chi connectivity index (χ2n) is 5.64. The maximum absolute atomic E-state index is 4.26. The van der Waals surface area contributed by atoms with Crippen LogP contribution in [0.4, 0.5) is 0 Å². The van der Waals surface area contributed by atoms with E-state index in [1.54, 1.807) is 6.20 Å². The van der Waals surface area contributed by atoms with Gasteiger partial charge in [0.25, 0.3) is 0 Å². The Morgan fingerprint density at radius 1 is 1.09 bits per heavy atom. The Morgan fingerprint density at radius 2 is 1.95 bits per heavy atom. The van der Waals surface area contributed by atoms with Crippen molar-refractivity contribution in [3.05, 3.63) is 59.9 Å². The minimum Gasteiger partial charge on any atom is -0.313 e. The molecule has 0 unspecified atom stereocenters. The molecule has 0 N–H and O–H groups in total. The van der Waals surface area contributed by atoms with E-state index >= 15 is 0 Å². The summed E-state index contributed by atoms with van der Waals surface area (Å²) in [6.07, 6.45) is 3.74. The summed E-state index contributed by atoms with van der Waals surface area (Å²) in [7, 11) is 0. The van der Waals surface area contributed by atoms with Crippen molar-refractivity contribution in [3.8, 4) is 5.69 Å². The van der Waals surface area contributed by atoms with E-state index in [-0.39, 0.29) is 0 Å². The monoisotopic (exact) mass is 294 g/mol. The van der Waals surface area contributed by atoms with Crippen LogP contribution in [0.5, 0.6) is 0 Å². The van der Waals surface area contributed by atoms with Crippen molar-refractivity contribution < 1.29 is 0 Å². The Morgan fingerprint density at radius 3 is 2.73 bits per heavy atom. The lowest BCUT2D eigenvalue weighted by Gasteiger charge is -2.27. The number of fused-ring (bicyclic) bond motifs is 1. The fourth-order valence-corrected chi connectivity index (χ4v) is 2.92. The molecule has 0 aliphatic carbocycles. The van der Waals surface area contributed by atoms with Crippen molar-refractivity contribution in [2.75, 3.05) is 6.54 Å². The molecule has 1 aliphatic rings. The van der Waals surface area contributed by atoms with Crippen LogP contribution in [0, 0.1) is 6.92 Å². The quantitative estimate of drug-likeness (QED) is 0.739. The molecule has 1 aliphatic heterocycles. The van der Waals surface area contributed by atoms with Crippen LogP contribution in [0.2, 0.25) is 0 Å². The van der Waals surface area contributed by atoms with Gasteiger partial charge < -0.3 is 4.57 Å². The minimum absolute atomic E-state index is 0.863. The highest BCUT2D eigenvalue weighted by Crippen LogP contribution is 2.16. The largest absolute Gasteiger partial charge is 0.313 e. The van der Waals surface area contributed by atoms with E-state index in [9.17, 15) is 0 Å². The maximum atomic E-state index is 4.26. The molecule has 0 saturated heterocycles. The summed E-state index contributed by atoms with van der Waals surface area (Å²) in [5, 5.41) is 12.7. The Hall–Kier alpha value is -2.47. The van der Waals surface area contributed by atoms with Gasteiger partial charge in [0, 0.05) is 32.0 Å². The van der Waals surface area contributed by atoms with Gasteiger partial charge in [0.1, 0.15) is 11.6 Å². The highest BCUT2D eigenvalue weighted by atomic mass is 15.3. The molecule has 112 valence electrons. The number of hydrogen-bond acceptors (Lipinski definition) is 4. The Balaban J connectivity index is 1.46. The SMILES string of the molecule is Cc1nnc2n1CCN(Cc1ccc(-n3cccn3)cc1)C2. The van der Waals surface area contributed by atoms with Gasteiger partial charge in [-0.25, -0.2) is 4.68 Å². The lowest BCUT2D eigenvalue weighted by molar-refractivity contribution is 0.207. The third kappa shape index (κ3) is 2.42. The molecule has 0 amide bonds. The molecular weight excluding hydrogens is 276 g/mol. The van der Waals surface area contributed by atoms with Gasteiger partial charge in [0.2, 0.25) is 0 Å². The Bertz CT molecular complexity index is 757. The van der Waals surface area contributed by atoms with Crippen LogP contribution < -0.4 is 0 Å². The molecule has 0 saturated carbocycles. The molecule has 0 fully saturated rings. The summed E-state index contributed by atoms with van der Waals surface area (Å²) in [6.45, 7) is 5.82. The van der Waals surface area contributed by atoms with Crippen molar-refractivity contribution in [3.63, 3.8) is 0 Å². The fraction of sp³-hybridized carbons (Fsp3) is 0.312. The van der Waals surface area contributed by atoms with E-state index in [1.165, 1.54) is 5.56 Å². The number of rotatable bonds is 3. The van der Waals surface area contributed by atoms with E-state index in [0.717, 1.165) is 43.5 Å². The van der Waals surface area contributed by atoms with Crippen LogP contribution in [0.15, 0.2) is 42.7 Å². The summed E-state index contributed by atoms with van der Waals surface area (Å²) < 4.78 is 4.08. The number of nitrogens with zero attached hydrogens (tertiary/aromatic N) is 6. The molecule has 0 atom stereocenters. The van der Waals surface area contributed by atoms with Gasteiger partial charge in [0.15, 0.2) is 0 Å². The van der Waals surface area contributed by atoms with Crippen molar-refractivity contribution in [1.82, 2.24) is 29.4 Å². The normalized spacial score (nSPS) is 15.0. The first kappa shape index (κ1) is 13.2. The smallest absolute Gasteiger partial charge is 0.147 e. The molecule has 0 spiro atoms. The van der Waals surface area contributed by atoms with E-state index in [2.05, 4.69) is 49.0 Å². The molecule has 0 radical (unpaired) electrons.